The van der Waals surface area contributed by atoms with E-state index in [9.17, 15) is 4.79 Å². The highest BCUT2D eigenvalue weighted by Gasteiger charge is 2.23. The standard InChI is InChI=1S/C23H22N6O/c24-16-18-6-8-20(9-7-18)25-22-11-10-21(26-27-22)23(30)29-14-12-28(13-15-29)17-19-4-2-1-3-5-19/h1-11H,12-15,17H2,(H,25,27). The Morgan fingerprint density at radius 2 is 1.67 bits per heavy atom. The first-order valence-electron chi connectivity index (χ1n) is 9.88. The Kier molecular flexibility index (Phi) is 5.97. The van der Waals surface area contributed by atoms with Gasteiger partial charge in [-0.1, -0.05) is 30.3 Å². The van der Waals surface area contributed by atoms with Crippen LogP contribution in [0.25, 0.3) is 0 Å². The van der Waals surface area contributed by atoms with Gasteiger partial charge >= 0.3 is 0 Å². The average molecular weight is 398 g/mol. The summed E-state index contributed by atoms with van der Waals surface area (Å²) < 4.78 is 0. The van der Waals surface area contributed by atoms with Crippen molar-refractivity contribution in [2.45, 2.75) is 6.54 Å². The highest BCUT2D eigenvalue weighted by Crippen LogP contribution is 2.16. The number of carbonyl (C=O) groups excluding carboxylic acids is 1. The van der Waals surface area contributed by atoms with E-state index >= 15 is 0 Å². The molecule has 0 saturated carbocycles. The van der Waals surface area contributed by atoms with Gasteiger partial charge in [0.1, 0.15) is 0 Å². The molecule has 0 bridgehead atoms. The SMILES string of the molecule is N#Cc1ccc(Nc2ccc(C(=O)N3CCN(Cc4ccccc4)CC3)nn2)cc1. The van der Waals surface area contributed by atoms with Gasteiger partial charge in [-0.25, -0.2) is 0 Å². The molecule has 1 fully saturated rings. The lowest BCUT2D eigenvalue weighted by atomic mass is 10.2. The van der Waals surface area contributed by atoms with Crippen LogP contribution in [0.3, 0.4) is 0 Å². The zero-order valence-corrected chi connectivity index (χ0v) is 16.5. The molecule has 30 heavy (non-hydrogen) atoms. The number of nitriles is 1. The highest BCUT2D eigenvalue weighted by molar-refractivity contribution is 5.92. The van der Waals surface area contributed by atoms with Gasteiger partial charge in [-0.3, -0.25) is 9.69 Å². The van der Waals surface area contributed by atoms with Crippen LogP contribution in [0.15, 0.2) is 66.7 Å². The maximum Gasteiger partial charge on any atom is 0.274 e. The lowest BCUT2D eigenvalue weighted by molar-refractivity contribution is 0.0621. The van der Waals surface area contributed by atoms with Crippen molar-refractivity contribution >= 4 is 17.4 Å². The summed E-state index contributed by atoms with van der Waals surface area (Å²) >= 11 is 0. The minimum atomic E-state index is -0.0909. The summed E-state index contributed by atoms with van der Waals surface area (Å²) in [5, 5.41) is 20.2. The van der Waals surface area contributed by atoms with E-state index in [2.05, 4.69) is 38.6 Å². The van der Waals surface area contributed by atoms with E-state index in [1.807, 2.05) is 23.1 Å². The van der Waals surface area contributed by atoms with Gasteiger partial charge in [-0.05, 0) is 42.0 Å². The first kappa shape index (κ1) is 19.6. The number of rotatable bonds is 5. The maximum atomic E-state index is 12.8. The van der Waals surface area contributed by atoms with Gasteiger partial charge in [0, 0.05) is 38.4 Å². The number of anilines is 2. The Labute approximate surface area is 175 Å². The fraction of sp³-hybridized carbons (Fsp3) is 0.217. The second kappa shape index (κ2) is 9.16. The summed E-state index contributed by atoms with van der Waals surface area (Å²) in [7, 11) is 0. The molecule has 2 heterocycles. The van der Waals surface area contributed by atoms with Gasteiger partial charge in [0.05, 0.1) is 11.6 Å². The van der Waals surface area contributed by atoms with Crippen LogP contribution in [-0.2, 0) is 6.54 Å². The Bertz CT molecular complexity index is 1020. The van der Waals surface area contributed by atoms with Gasteiger partial charge in [0.15, 0.2) is 11.5 Å². The Hall–Kier alpha value is -3.76. The molecule has 1 aliphatic rings. The number of nitrogens with one attached hydrogen (secondary N) is 1. The van der Waals surface area contributed by atoms with Gasteiger partial charge in [-0.2, -0.15) is 5.26 Å². The predicted octanol–water partition coefficient (Wildman–Crippen LogP) is 3.05. The Balaban J connectivity index is 1.31. The summed E-state index contributed by atoms with van der Waals surface area (Å²) in [5.74, 6) is 0.454. The summed E-state index contributed by atoms with van der Waals surface area (Å²) in [5.41, 5.74) is 3.03. The fourth-order valence-corrected chi connectivity index (χ4v) is 3.40. The van der Waals surface area contributed by atoms with Crippen LogP contribution in [0.5, 0.6) is 0 Å². The summed E-state index contributed by atoms with van der Waals surface area (Å²) in [6.45, 7) is 3.94. The van der Waals surface area contributed by atoms with Crippen LogP contribution < -0.4 is 5.32 Å². The number of benzene rings is 2. The van der Waals surface area contributed by atoms with Crippen molar-refractivity contribution < 1.29 is 4.79 Å². The predicted molar refractivity (Wildman–Crippen MR) is 114 cm³/mol. The molecule has 1 N–H and O–H groups in total. The highest BCUT2D eigenvalue weighted by atomic mass is 16.2. The zero-order chi connectivity index (χ0) is 20.8. The van der Waals surface area contributed by atoms with Crippen LogP contribution >= 0.6 is 0 Å². The van der Waals surface area contributed by atoms with Gasteiger partial charge in [-0.15, -0.1) is 10.2 Å². The number of piperazine rings is 1. The number of hydrogen-bond donors (Lipinski definition) is 1. The molecule has 1 aliphatic heterocycles. The number of carbonyl (C=O) groups is 1. The number of aromatic nitrogens is 2. The molecule has 7 nitrogen and oxygen atoms in total. The third-order valence-electron chi connectivity index (χ3n) is 5.08. The van der Waals surface area contributed by atoms with E-state index in [0.717, 1.165) is 25.3 Å². The molecule has 7 heteroatoms. The summed E-state index contributed by atoms with van der Waals surface area (Å²) in [6.07, 6.45) is 0. The fourth-order valence-electron chi connectivity index (χ4n) is 3.40. The third-order valence-corrected chi connectivity index (χ3v) is 5.08. The average Bonchev–Trinajstić information content (AvgIpc) is 2.81. The maximum absolute atomic E-state index is 12.8. The molecule has 1 amide bonds. The van der Waals surface area contributed by atoms with Gasteiger partial charge in [0.2, 0.25) is 0 Å². The van der Waals surface area contributed by atoms with Crippen molar-refractivity contribution in [2.75, 3.05) is 31.5 Å². The molecule has 0 spiro atoms. The van der Waals surface area contributed by atoms with Crippen LogP contribution in [-0.4, -0.2) is 52.1 Å². The van der Waals surface area contributed by atoms with E-state index in [1.54, 1.807) is 36.4 Å². The normalized spacial score (nSPS) is 14.2. The van der Waals surface area contributed by atoms with Crippen LogP contribution in [0.2, 0.25) is 0 Å². The van der Waals surface area contributed by atoms with Crippen molar-refractivity contribution in [2.24, 2.45) is 0 Å². The van der Waals surface area contributed by atoms with Crippen LogP contribution in [0, 0.1) is 11.3 Å². The number of hydrogen-bond acceptors (Lipinski definition) is 6. The minimum absolute atomic E-state index is 0.0909. The molecule has 1 saturated heterocycles. The van der Waals surface area contributed by atoms with Gasteiger partial charge in [0.25, 0.3) is 5.91 Å². The molecule has 1 aromatic heterocycles. The second-order valence-electron chi connectivity index (χ2n) is 7.17. The van der Waals surface area contributed by atoms with E-state index in [0.29, 0.717) is 30.2 Å². The molecule has 0 atom stereocenters. The molecule has 4 rings (SSSR count). The quantitative estimate of drug-likeness (QED) is 0.711. The number of nitrogens with zero attached hydrogens (tertiary/aromatic N) is 5. The van der Waals surface area contributed by atoms with E-state index in [-0.39, 0.29) is 5.91 Å². The summed E-state index contributed by atoms with van der Waals surface area (Å²) in [6, 6.07) is 22.9. The van der Waals surface area contributed by atoms with Crippen molar-refractivity contribution in [3.05, 3.63) is 83.6 Å². The first-order valence-corrected chi connectivity index (χ1v) is 9.88. The first-order chi connectivity index (χ1) is 14.7. The van der Waals surface area contributed by atoms with Crippen molar-refractivity contribution in [3.63, 3.8) is 0 Å². The molecule has 3 aromatic rings. The van der Waals surface area contributed by atoms with Crippen molar-refractivity contribution in [3.8, 4) is 6.07 Å². The van der Waals surface area contributed by atoms with Crippen LogP contribution in [0.4, 0.5) is 11.5 Å². The summed E-state index contributed by atoms with van der Waals surface area (Å²) in [4.78, 5) is 16.9. The lowest BCUT2D eigenvalue weighted by Crippen LogP contribution is -2.48. The molecule has 2 aromatic carbocycles. The second-order valence-corrected chi connectivity index (χ2v) is 7.17. The molecule has 0 radical (unpaired) electrons. The molecule has 150 valence electrons. The lowest BCUT2D eigenvalue weighted by Gasteiger charge is -2.34. The van der Waals surface area contributed by atoms with E-state index in [4.69, 9.17) is 5.26 Å². The molecular weight excluding hydrogens is 376 g/mol. The molecular formula is C23H22N6O. The van der Waals surface area contributed by atoms with Gasteiger partial charge < -0.3 is 10.2 Å². The largest absolute Gasteiger partial charge is 0.339 e. The zero-order valence-electron chi connectivity index (χ0n) is 16.5. The number of amides is 1. The third kappa shape index (κ3) is 4.80. The van der Waals surface area contributed by atoms with Crippen molar-refractivity contribution in [1.82, 2.24) is 20.0 Å². The topological polar surface area (TPSA) is 85.2 Å². The minimum Gasteiger partial charge on any atom is -0.339 e. The molecule has 0 aliphatic carbocycles. The van der Waals surface area contributed by atoms with E-state index in [1.165, 1.54) is 5.56 Å². The smallest absolute Gasteiger partial charge is 0.274 e. The monoisotopic (exact) mass is 398 g/mol. The molecule has 0 unspecified atom stereocenters. The Morgan fingerprint density at radius 3 is 2.30 bits per heavy atom. The van der Waals surface area contributed by atoms with Crippen molar-refractivity contribution in [1.29, 1.82) is 5.26 Å². The Morgan fingerprint density at radius 1 is 0.933 bits per heavy atom. The van der Waals surface area contributed by atoms with E-state index < -0.39 is 0 Å². The van der Waals surface area contributed by atoms with Crippen LogP contribution in [0.1, 0.15) is 21.6 Å².